The Morgan fingerprint density at radius 2 is 1.86 bits per heavy atom. The van der Waals surface area contributed by atoms with Gasteiger partial charge in [0.2, 0.25) is 0 Å². The second-order valence-corrected chi connectivity index (χ2v) is 7.44. The number of H-pyrrole nitrogens is 1. The van der Waals surface area contributed by atoms with Crippen molar-refractivity contribution in [3.8, 4) is 6.07 Å². The smallest absolute Gasteiger partial charge is 0.338 e. The van der Waals surface area contributed by atoms with Crippen molar-refractivity contribution in [1.82, 2.24) is 9.97 Å². The Morgan fingerprint density at radius 1 is 1.18 bits per heavy atom. The molecule has 0 atom stereocenters. The molecule has 1 heterocycles. The van der Waals surface area contributed by atoms with Crippen molar-refractivity contribution in [1.29, 1.82) is 5.26 Å². The van der Waals surface area contributed by atoms with Crippen molar-refractivity contribution in [2.45, 2.75) is 26.2 Å². The highest BCUT2D eigenvalue weighted by molar-refractivity contribution is 5.89. The van der Waals surface area contributed by atoms with Crippen LogP contribution in [0.25, 0.3) is 16.6 Å². The van der Waals surface area contributed by atoms with Crippen LogP contribution in [0.3, 0.4) is 0 Å². The Labute approximate surface area is 163 Å². The summed E-state index contributed by atoms with van der Waals surface area (Å²) in [7, 11) is 0. The van der Waals surface area contributed by atoms with E-state index < -0.39 is 12.6 Å². The molecule has 0 spiro atoms. The largest absolute Gasteiger partial charge is 0.507 e. The maximum Gasteiger partial charge on any atom is 0.338 e. The van der Waals surface area contributed by atoms with Crippen molar-refractivity contribution in [2.75, 3.05) is 6.61 Å². The third-order valence-corrected chi connectivity index (χ3v) is 4.35. The average molecular weight is 375 g/mol. The van der Waals surface area contributed by atoms with E-state index in [1.54, 1.807) is 18.2 Å². The van der Waals surface area contributed by atoms with Crippen LogP contribution in [0.15, 0.2) is 54.3 Å². The number of carbonyl (C=O) groups excluding carboxylic acids is 1. The number of para-hydroxylation sites is 2. The molecule has 3 aromatic rings. The first-order valence-electron chi connectivity index (χ1n) is 8.84. The molecule has 0 saturated heterocycles. The number of allylic oxidation sites excluding steroid dienone is 1. The number of fused-ring (bicyclic) bond motifs is 1. The Bertz CT molecular complexity index is 1050. The van der Waals surface area contributed by atoms with Gasteiger partial charge >= 0.3 is 5.97 Å². The molecule has 0 aliphatic heterocycles. The minimum Gasteiger partial charge on any atom is -0.507 e. The molecule has 0 radical (unpaired) electrons. The molecule has 0 saturated carbocycles. The third-order valence-electron chi connectivity index (χ3n) is 4.35. The topological polar surface area (TPSA) is 99.0 Å². The zero-order valence-corrected chi connectivity index (χ0v) is 16.0. The predicted molar refractivity (Wildman–Crippen MR) is 107 cm³/mol. The lowest BCUT2D eigenvalue weighted by atomic mass is 9.87. The number of nitriles is 1. The molecule has 0 fully saturated rings. The lowest BCUT2D eigenvalue weighted by molar-refractivity contribution is 0.0502. The average Bonchev–Trinajstić information content (AvgIpc) is 3.09. The lowest BCUT2D eigenvalue weighted by Gasteiger charge is -2.18. The minimum absolute atomic E-state index is 0.0162. The van der Waals surface area contributed by atoms with E-state index in [9.17, 15) is 15.2 Å². The van der Waals surface area contributed by atoms with Gasteiger partial charge in [-0.05, 0) is 35.2 Å². The van der Waals surface area contributed by atoms with Crippen LogP contribution in [-0.2, 0) is 10.2 Å². The van der Waals surface area contributed by atoms with Crippen molar-refractivity contribution in [3.05, 3.63) is 71.2 Å². The highest BCUT2D eigenvalue weighted by atomic mass is 16.5. The summed E-state index contributed by atoms with van der Waals surface area (Å²) in [6.45, 7) is 5.85. The van der Waals surface area contributed by atoms with Gasteiger partial charge in [0.15, 0.2) is 11.6 Å². The first-order valence-corrected chi connectivity index (χ1v) is 8.84. The lowest BCUT2D eigenvalue weighted by Crippen LogP contribution is -2.12. The molecule has 142 valence electrons. The number of imidazole rings is 1. The summed E-state index contributed by atoms with van der Waals surface area (Å²) in [5, 5.41) is 19.6. The number of hydrogen-bond donors (Lipinski definition) is 2. The number of esters is 1. The number of rotatable bonds is 4. The Kier molecular flexibility index (Phi) is 5.18. The second kappa shape index (κ2) is 7.57. The SMILES string of the molecule is CC(C)(C)c1ccc(C(=O)OCC(O)=C(C#N)c2nc3ccccc3[nH]2)cc1. The fraction of sp³-hybridized carbons (Fsp3) is 0.227. The molecule has 2 aromatic carbocycles. The van der Waals surface area contributed by atoms with Crippen LogP contribution in [0, 0.1) is 11.3 Å². The van der Waals surface area contributed by atoms with Crippen molar-refractivity contribution in [3.63, 3.8) is 0 Å². The van der Waals surface area contributed by atoms with Crippen molar-refractivity contribution >= 4 is 22.6 Å². The third kappa shape index (κ3) is 4.04. The Balaban J connectivity index is 1.74. The fourth-order valence-corrected chi connectivity index (χ4v) is 2.72. The van der Waals surface area contributed by atoms with E-state index in [4.69, 9.17) is 4.74 Å². The number of benzene rings is 2. The highest BCUT2D eigenvalue weighted by Gasteiger charge is 2.17. The molecule has 2 N–H and O–H groups in total. The zero-order valence-electron chi connectivity index (χ0n) is 16.0. The summed E-state index contributed by atoms with van der Waals surface area (Å²) in [6.07, 6.45) is 0. The molecule has 0 unspecified atom stereocenters. The van der Waals surface area contributed by atoms with Gasteiger partial charge < -0.3 is 14.8 Å². The normalized spacial score (nSPS) is 12.4. The van der Waals surface area contributed by atoms with Crippen LogP contribution in [0.1, 0.15) is 42.5 Å². The van der Waals surface area contributed by atoms with Crippen LogP contribution in [0.4, 0.5) is 0 Å². The van der Waals surface area contributed by atoms with Gasteiger partial charge in [0.05, 0.1) is 16.6 Å². The quantitative estimate of drug-likeness (QED) is 0.397. The summed E-state index contributed by atoms with van der Waals surface area (Å²) in [6, 6.07) is 16.3. The minimum atomic E-state index is -0.575. The highest BCUT2D eigenvalue weighted by Crippen LogP contribution is 2.23. The van der Waals surface area contributed by atoms with Crippen molar-refractivity contribution in [2.24, 2.45) is 0 Å². The molecule has 0 aliphatic carbocycles. The molecule has 0 amide bonds. The van der Waals surface area contributed by atoms with Gasteiger partial charge in [0.25, 0.3) is 0 Å². The van der Waals surface area contributed by atoms with Crippen LogP contribution in [0.2, 0.25) is 0 Å². The fourth-order valence-electron chi connectivity index (χ4n) is 2.72. The first kappa shape index (κ1) is 19.2. The number of aromatic nitrogens is 2. The summed E-state index contributed by atoms with van der Waals surface area (Å²) in [5.74, 6) is -0.707. The molecule has 0 aliphatic rings. The van der Waals surface area contributed by atoms with E-state index in [1.165, 1.54) is 0 Å². The number of ether oxygens (including phenoxy) is 1. The van der Waals surface area contributed by atoms with E-state index in [2.05, 4.69) is 30.7 Å². The molecule has 6 heteroatoms. The zero-order chi connectivity index (χ0) is 20.3. The van der Waals surface area contributed by atoms with Gasteiger partial charge in [0, 0.05) is 0 Å². The number of aliphatic hydroxyl groups is 1. The maximum atomic E-state index is 12.2. The van der Waals surface area contributed by atoms with Gasteiger partial charge in [0.1, 0.15) is 18.2 Å². The van der Waals surface area contributed by atoms with Gasteiger partial charge in [-0.3, -0.25) is 0 Å². The Hall–Kier alpha value is -3.59. The van der Waals surface area contributed by atoms with Gasteiger partial charge in [-0.1, -0.05) is 45.0 Å². The van der Waals surface area contributed by atoms with Gasteiger partial charge in [-0.2, -0.15) is 5.26 Å². The summed E-state index contributed by atoms with van der Waals surface area (Å²) in [5.41, 5.74) is 2.82. The maximum absolute atomic E-state index is 12.2. The molecule has 28 heavy (non-hydrogen) atoms. The molecule has 3 rings (SSSR count). The summed E-state index contributed by atoms with van der Waals surface area (Å²) < 4.78 is 5.15. The number of carbonyl (C=O) groups is 1. The number of hydrogen-bond acceptors (Lipinski definition) is 5. The number of aliphatic hydroxyl groups excluding tert-OH is 1. The number of nitrogens with zero attached hydrogens (tertiary/aromatic N) is 2. The van der Waals surface area contributed by atoms with Crippen LogP contribution in [0.5, 0.6) is 0 Å². The predicted octanol–water partition coefficient (Wildman–Crippen LogP) is 4.51. The molecular weight excluding hydrogens is 354 g/mol. The van der Waals surface area contributed by atoms with E-state index in [1.807, 2.05) is 36.4 Å². The molecule has 0 bridgehead atoms. The van der Waals surface area contributed by atoms with Crippen molar-refractivity contribution < 1.29 is 14.6 Å². The number of nitrogens with one attached hydrogen (secondary N) is 1. The monoisotopic (exact) mass is 375 g/mol. The van der Waals surface area contributed by atoms with E-state index in [0.29, 0.717) is 11.1 Å². The standard InChI is InChI=1S/C22H21N3O3/c1-22(2,3)15-10-8-14(9-11-15)21(27)28-13-19(26)16(12-23)20-24-17-6-4-5-7-18(17)25-20/h4-11,26H,13H2,1-3H3,(H,24,25). The van der Waals surface area contributed by atoms with Gasteiger partial charge in [-0.15, -0.1) is 0 Å². The van der Waals surface area contributed by atoms with Crippen LogP contribution >= 0.6 is 0 Å². The molecule has 1 aromatic heterocycles. The summed E-state index contributed by atoms with van der Waals surface area (Å²) in [4.78, 5) is 19.5. The van der Waals surface area contributed by atoms with Gasteiger partial charge in [-0.25, -0.2) is 9.78 Å². The van der Waals surface area contributed by atoms with Crippen LogP contribution in [-0.4, -0.2) is 27.7 Å². The first-order chi connectivity index (χ1) is 13.3. The Morgan fingerprint density at radius 3 is 2.46 bits per heavy atom. The van der Waals surface area contributed by atoms with Crippen LogP contribution < -0.4 is 0 Å². The van der Waals surface area contributed by atoms with E-state index >= 15 is 0 Å². The summed E-state index contributed by atoms with van der Waals surface area (Å²) >= 11 is 0. The molecule has 6 nitrogen and oxygen atoms in total. The van der Waals surface area contributed by atoms with E-state index in [-0.39, 0.29) is 22.6 Å². The number of aromatic amines is 1. The van der Waals surface area contributed by atoms with E-state index in [0.717, 1.165) is 11.1 Å². The second-order valence-electron chi connectivity index (χ2n) is 7.44. The molecular formula is C22H21N3O3.